The second-order valence-corrected chi connectivity index (χ2v) is 6.03. The molecule has 0 saturated heterocycles. The van der Waals surface area contributed by atoms with Gasteiger partial charge in [-0.2, -0.15) is 5.26 Å². The summed E-state index contributed by atoms with van der Waals surface area (Å²) in [5.74, 6) is -0.587. The molecule has 0 aromatic heterocycles. The Balaban J connectivity index is 2.95. The maximum atomic E-state index is 12.7. The SMILES string of the molecule is CCCN(CCC)C(=O)C(C)(C)C(=O)Nc1ccccc1C#N. The summed E-state index contributed by atoms with van der Waals surface area (Å²) in [5.41, 5.74) is -0.381. The predicted octanol–water partition coefficient (Wildman–Crippen LogP) is 3.17. The van der Waals surface area contributed by atoms with E-state index in [-0.39, 0.29) is 5.91 Å². The highest BCUT2D eigenvalue weighted by Crippen LogP contribution is 2.23. The normalized spacial score (nSPS) is 10.7. The van der Waals surface area contributed by atoms with E-state index in [4.69, 9.17) is 5.26 Å². The molecule has 5 heteroatoms. The molecule has 0 unspecified atom stereocenters. The number of benzene rings is 1. The minimum absolute atomic E-state index is 0.187. The molecule has 0 saturated carbocycles. The number of rotatable bonds is 7. The molecule has 0 aliphatic carbocycles. The van der Waals surface area contributed by atoms with Gasteiger partial charge < -0.3 is 10.2 Å². The van der Waals surface area contributed by atoms with Gasteiger partial charge in [0.1, 0.15) is 11.5 Å². The lowest BCUT2D eigenvalue weighted by Crippen LogP contribution is -2.48. The molecule has 1 aromatic rings. The summed E-state index contributed by atoms with van der Waals surface area (Å²) in [5, 5.41) is 11.8. The van der Waals surface area contributed by atoms with Crippen LogP contribution >= 0.6 is 0 Å². The van der Waals surface area contributed by atoms with Crippen LogP contribution in [0.15, 0.2) is 24.3 Å². The molecular weight excluding hydrogens is 290 g/mol. The van der Waals surface area contributed by atoms with Crippen molar-refractivity contribution in [2.75, 3.05) is 18.4 Å². The molecule has 1 rings (SSSR count). The lowest BCUT2D eigenvalue weighted by atomic mass is 9.89. The largest absolute Gasteiger partial charge is 0.342 e. The molecule has 0 aliphatic rings. The van der Waals surface area contributed by atoms with Gasteiger partial charge in [-0.1, -0.05) is 26.0 Å². The van der Waals surface area contributed by atoms with Gasteiger partial charge in [-0.25, -0.2) is 0 Å². The van der Waals surface area contributed by atoms with E-state index in [2.05, 4.69) is 5.32 Å². The van der Waals surface area contributed by atoms with Crippen LogP contribution in [0.3, 0.4) is 0 Å². The van der Waals surface area contributed by atoms with Crippen LogP contribution in [0, 0.1) is 16.7 Å². The quantitative estimate of drug-likeness (QED) is 0.785. The van der Waals surface area contributed by atoms with E-state index in [1.54, 1.807) is 43.0 Å². The van der Waals surface area contributed by atoms with Crippen molar-refractivity contribution < 1.29 is 9.59 Å². The van der Waals surface area contributed by atoms with E-state index in [9.17, 15) is 9.59 Å². The van der Waals surface area contributed by atoms with Gasteiger partial charge in [-0.3, -0.25) is 9.59 Å². The van der Waals surface area contributed by atoms with Crippen LogP contribution in [-0.2, 0) is 9.59 Å². The summed E-state index contributed by atoms with van der Waals surface area (Å²) in [6.07, 6.45) is 1.70. The first-order chi connectivity index (χ1) is 10.9. The number of hydrogen-bond acceptors (Lipinski definition) is 3. The third-order valence-electron chi connectivity index (χ3n) is 3.67. The molecule has 124 valence electrons. The standard InChI is InChI=1S/C18H25N3O2/c1-5-11-21(12-6-2)17(23)18(3,4)16(22)20-15-10-8-7-9-14(15)13-19/h7-10H,5-6,11-12H2,1-4H3,(H,20,22). The van der Waals surface area contributed by atoms with Gasteiger partial charge in [-0.15, -0.1) is 0 Å². The van der Waals surface area contributed by atoms with Crippen LogP contribution in [-0.4, -0.2) is 29.8 Å². The number of carbonyl (C=O) groups excluding carboxylic acids is 2. The number of hydrogen-bond donors (Lipinski definition) is 1. The monoisotopic (exact) mass is 315 g/mol. The first-order valence-corrected chi connectivity index (χ1v) is 7.98. The van der Waals surface area contributed by atoms with E-state index in [1.165, 1.54) is 0 Å². The molecule has 0 aliphatic heterocycles. The number of anilines is 1. The lowest BCUT2D eigenvalue weighted by Gasteiger charge is -2.31. The Morgan fingerprint density at radius 3 is 2.26 bits per heavy atom. The number of nitriles is 1. The fourth-order valence-electron chi connectivity index (χ4n) is 2.32. The van der Waals surface area contributed by atoms with E-state index in [1.807, 2.05) is 19.9 Å². The smallest absolute Gasteiger partial charge is 0.239 e. The van der Waals surface area contributed by atoms with Crippen LogP contribution in [0.25, 0.3) is 0 Å². The Bertz CT molecular complexity index is 597. The Kier molecular flexibility index (Phi) is 6.77. The van der Waals surface area contributed by atoms with Gasteiger partial charge in [0.05, 0.1) is 11.3 Å². The summed E-state index contributed by atoms with van der Waals surface area (Å²) in [6.45, 7) is 8.53. The van der Waals surface area contributed by atoms with Gasteiger partial charge in [0.2, 0.25) is 11.8 Å². The van der Waals surface area contributed by atoms with Crippen LogP contribution in [0.1, 0.15) is 46.1 Å². The highest BCUT2D eigenvalue weighted by Gasteiger charge is 2.39. The maximum Gasteiger partial charge on any atom is 0.239 e. The molecule has 1 N–H and O–H groups in total. The van der Waals surface area contributed by atoms with Gasteiger partial charge in [-0.05, 0) is 38.8 Å². The summed E-state index contributed by atoms with van der Waals surface area (Å²) in [4.78, 5) is 27.1. The van der Waals surface area contributed by atoms with Crippen molar-refractivity contribution in [1.29, 1.82) is 5.26 Å². The van der Waals surface area contributed by atoms with Crippen molar-refractivity contribution in [2.24, 2.45) is 5.41 Å². The summed E-state index contributed by atoms with van der Waals surface area (Å²) in [6, 6.07) is 8.80. The molecular formula is C18H25N3O2. The van der Waals surface area contributed by atoms with Crippen LogP contribution in [0.2, 0.25) is 0 Å². The Labute approximate surface area is 138 Å². The third kappa shape index (κ3) is 4.56. The van der Waals surface area contributed by atoms with E-state index >= 15 is 0 Å². The minimum Gasteiger partial charge on any atom is -0.342 e. The van der Waals surface area contributed by atoms with Crippen molar-refractivity contribution in [2.45, 2.75) is 40.5 Å². The molecule has 0 radical (unpaired) electrons. The zero-order valence-electron chi connectivity index (χ0n) is 14.3. The second-order valence-electron chi connectivity index (χ2n) is 6.03. The van der Waals surface area contributed by atoms with E-state index < -0.39 is 11.3 Å². The fraction of sp³-hybridized carbons (Fsp3) is 0.500. The van der Waals surface area contributed by atoms with Gasteiger partial charge >= 0.3 is 0 Å². The molecule has 0 fully saturated rings. The van der Waals surface area contributed by atoms with Crippen LogP contribution in [0.4, 0.5) is 5.69 Å². The third-order valence-corrected chi connectivity index (χ3v) is 3.67. The number of nitrogens with one attached hydrogen (secondary N) is 1. The van der Waals surface area contributed by atoms with Crippen molar-refractivity contribution in [1.82, 2.24) is 4.90 Å². The summed E-state index contributed by atoms with van der Waals surface area (Å²) in [7, 11) is 0. The Morgan fingerprint density at radius 2 is 1.74 bits per heavy atom. The highest BCUT2D eigenvalue weighted by molar-refractivity contribution is 6.10. The van der Waals surface area contributed by atoms with Crippen molar-refractivity contribution in [3.8, 4) is 6.07 Å². The van der Waals surface area contributed by atoms with Gasteiger partial charge in [0.25, 0.3) is 0 Å². The molecule has 0 atom stereocenters. The summed E-state index contributed by atoms with van der Waals surface area (Å²) < 4.78 is 0. The topological polar surface area (TPSA) is 73.2 Å². The van der Waals surface area contributed by atoms with E-state index in [0.29, 0.717) is 24.3 Å². The molecule has 2 amide bonds. The molecule has 0 spiro atoms. The zero-order chi connectivity index (χ0) is 17.5. The summed E-state index contributed by atoms with van der Waals surface area (Å²) >= 11 is 0. The predicted molar refractivity (Wildman–Crippen MR) is 90.7 cm³/mol. The minimum atomic E-state index is -1.19. The second kappa shape index (κ2) is 8.33. The molecule has 5 nitrogen and oxygen atoms in total. The van der Waals surface area contributed by atoms with Crippen LogP contribution < -0.4 is 5.32 Å². The number of carbonyl (C=O) groups is 2. The molecule has 0 heterocycles. The van der Waals surface area contributed by atoms with Crippen molar-refractivity contribution in [3.63, 3.8) is 0 Å². The fourth-order valence-corrected chi connectivity index (χ4v) is 2.32. The number of para-hydroxylation sites is 1. The first-order valence-electron chi connectivity index (χ1n) is 7.98. The average molecular weight is 315 g/mol. The number of nitrogens with zero attached hydrogens (tertiary/aromatic N) is 2. The first kappa shape index (κ1) is 18.7. The van der Waals surface area contributed by atoms with Gasteiger partial charge in [0, 0.05) is 13.1 Å². The molecule has 1 aromatic carbocycles. The average Bonchev–Trinajstić information content (AvgIpc) is 2.54. The molecule has 23 heavy (non-hydrogen) atoms. The van der Waals surface area contributed by atoms with Crippen molar-refractivity contribution >= 4 is 17.5 Å². The number of amides is 2. The highest BCUT2D eigenvalue weighted by atomic mass is 16.2. The molecule has 0 bridgehead atoms. The van der Waals surface area contributed by atoms with Gasteiger partial charge in [0.15, 0.2) is 0 Å². The van der Waals surface area contributed by atoms with Crippen molar-refractivity contribution in [3.05, 3.63) is 29.8 Å². The Hall–Kier alpha value is -2.35. The Morgan fingerprint density at radius 1 is 1.17 bits per heavy atom. The lowest BCUT2D eigenvalue weighted by molar-refractivity contribution is -0.146. The maximum absolute atomic E-state index is 12.7. The van der Waals surface area contributed by atoms with E-state index in [0.717, 1.165) is 12.8 Å². The van der Waals surface area contributed by atoms with Crippen LogP contribution in [0.5, 0.6) is 0 Å². The zero-order valence-corrected chi connectivity index (χ0v) is 14.3.